The first-order chi connectivity index (χ1) is 9.78. The highest BCUT2D eigenvalue weighted by molar-refractivity contribution is 7.58. The fourth-order valence-corrected chi connectivity index (χ4v) is 2.90. The Morgan fingerprint density at radius 2 is 1.95 bits per heavy atom. The summed E-state index contributed by atoms with van der Waals surface area (Å²) in [5.41, 5.74) is 1.36. The third kappa shape index (κ3) is 4.18. The van der Waals surface area contributed by atoms with Crippen LogP contribution in [0.2, 0.25) is 10.0 Å². The minimum Gasteiger partial charge on any atom is -0.460 e. The molecule has 0 saturated heterocycles. The van der Waals surface area contributed by atoms with Gasteiger partial charge in [0.1, 0.15) is 17.0 Å². The second kappa shape index (κ2) is 6.34. The molecule has 2 rings (SSSR count). The van der Waals surface area contributed by atoms with Gasteiger partial charge in [-0.25, -0.2) is 0 Å². The second-order valence-electron chi connectivity index (χ2n) is 5.44. The molecule has 8 heteroatoms. The van der Waals surface area contributed by atoms with Crippen molar-refractivity contribution in [3.05, 3.63) is 16.1 Å². The molecule has 1 aliphatic rings. The molecule has 114 valence electrons. The Bertz CT molecular complexity index is 650. The van der Waals surface area contributed by atoms with E-state index in [4.69, 9.17) is 27.9 Å². The monoisotopic (exact) mass is 347 g/mol. The van der Waals surface area contributed by atoms with Gasteiger partial charge in [-0.2, -0.15) is 8.73 Å². The molecular weight excluding hydrogens is 333 g/mol. The Kier molecular flexibility index (Phi) is 4.91. The number of esters is 1. The molecule has 1 heterocycles. The van der Waals surface area contributed by atoms with Crippen LogP contribution < -0.4 is 5.32 Å². The molecule has 0 aliphatic carbocycles. The van der Waals surface area contributed by atoms with E-state index in [0.717, 1.165) is 11.4 Å². The van der Waals surface area contributed by atoms with E-state index in [2.05, 4.69) is 14.0 Å². The molecule has 0 unspecified atom stereocenters. The fourth-order valence-electron chi connectivity index (χ4n) is 1.72. The lowest BCUT2D eigenvalue weighted by molar-refractivity contribution is -0.154. The van der Waals surface area contributed by atoms with E-state index in [1.165, 1.54) is 0 Å². The third-order valence-electron chi connectivity index (χ3n) is 2.49. The van der Waals surface area contributed by atoms with Gasteiger partial charge in [-0.05, 0) is 26.8 Å². The van der Waals surface area contributed by atoms with Crippen LogP contribution in [-0.4, -0.2) is 18.1 Å². The van der Waals surface area contributed by atoms with E-state index < -0.39 is 5.60 Å². The molecule has 5 nitrogen and oxygen atoms in total. The van der Waals surface area contributed by atoms with Crippen molar-refractivity contribution in [1.82, 2.24) is 0 Å². The molecule has 1 aliphatic heterocycles. The maximum atomic E-state index is 11.7. The summed E-state index contributed by atoms with van der Waals surface area (Å²) < 4.78 is 13.5. The summed E-state index contributed by atoms with van der Waals surface area (Å²) in [5.74, 6) is -0.271. The number of halogens is 2. The van der Waals surface area contributed by atoms with Gasteiger partial charge < -0.3 is 10.1 Å². The molecule has 0 aromatic heterocycles. The minimum absolute atomic E-state index is 0.231. The van der Waals surface area contributed by atoms with Crippen molar-refractivity contribution >= 4 is 57.6 Å². The third-order valence-corrected chi connectivity index (χ3v) is 3.61. The molecule has 1 aromatic rings. The zero-order valence-electron chi connectivity index (χ0n) is 11.9. The molecule has 0 radical (unpaired) electrons. The van der Waals surface area contributed by atoms with Crippen molar-refractivity contribution in [1.29, 1.82) is 0 Å². The number of benzene rings is 1. The van der Waals surface area contributed by atoms with Crippen molar-refractivity contribution in [2.75, 3.05) is 11.9 Å². The van der Waals surface area contributed by atoms with Gasteiger partial charge in [-0.15, -0.1) is 0 Å². The standard InChI is InChI=1S/C13H15Cl2N3O2S/c1-13(2,3)20-9(19)4-5-16-10-7(14)6-8(15)11-12(10)18-21-17-11/h6,16H,4-5H2,1-3H3. The first kappa shape index (κ1) is 16.3. The van der Waals surface area contributed by atoms with E-state index in [1.807, 2.05) is 20.8 Å². The Balaban J connectivity index is 2.01. The Morgan fingerprint density at radius 3 is 2.62 bits per heavy atom. The zero-order valence-corrected chi connectivity index (χ0v) is 14.2. The maximum absolute atomic E-state index is 11.7. The molecule has 1 N–H and O–H groups in total. The minimum atomic E-state index is -0.485. The van der Waals surface area contributed by atoms with Crippen LogP contribution in [0.1, 0.15) is 27.2 Å². The van der Waals surface area contributed by atoms with Gasteiger partial charge >= 0.3 is 5.97 Å². The van der Waals surface area contributed by atoms with Gasteiger partial charge in [0, 0.05) is 6.54 Å². The van der Waals surface area contributed by atoms with Gasteiger partial charge in [0.2, 0.25) is 0 Å². The van der Waals surface area contributed by atoms with Gasteiger partial charge in [0.05, 0.1) is 33.5 Å². The van der Waals surface area contributed by atoms with Crippen LogP contribution in [0.25, 0.3) is 0 Å². The predicted octanol–water partition coefficient (Wildman–Crippen LogP) is 4.86. The lowest BCUT2D eigenvalue weighted by Crippen LogP contribution is -2.25. The number of fused-ring (bicyclic) bond motifs is 1. The highest BCUT2D eigenvalue weighted by Gasteiger charge is 2.19. The average Bonchev–Trinajstić information content (AvgIpc) is 2.80. The lowest BCUT2D eigenvalue weighted by atomic mass is 10.2. The topological polar surface area (TPSA) is 63.0 Å². The maximum Gasteiger partial charge on any atom is 0.308 e. The van der Waals surface area contributed by atoms with Crippen LogP contribution in [-0.2, 0) is 20.9 Å². The van der Waals surface area contributed by atoms with Crippen molar-refractivity contribution in [2.24, 2.45) is 8.73 Å². The highest BCUT2D eigenvalue weighted by atomic mass is 35.5. The highest BCUT2D eigenvalue weighted by Crippen LogP contribution is 2.47. The van der Waals surface area contributed by atoms with E-state index in [0.29, 0.717) is 33.7 Å². The second-order valence-corrected chi connectivity index (χ2v) is 6.78. The summed E-state index contributed by atoms with van der Waals surface area (Å²) in [7, 11) is 0. The number of anilines is 1. The quantitative estimate of drug-likeness (QED) is 0.802. The first-order valence-electron chi connectivity index (χ1n) is 6.34. The summed E-state index contributed by atoms with van der Waals surface area (Å²) in [6.07, 6.45) is 0.231. The number of hydrogen-bond acceptors (Lipinski definition) is 5. The number of rotatable bonds is 4. The Morgan fingerprint density at radius 1 is 1.29 bits per heavy atom. The van der Waals surface area contributed by atoms with Gasteiger partial charge in [-0.1, -0.05) is 23.2 Å². The van der Waals surface area contributed by atoms with E-state index >= 15 is 0 Å². The predicted molar refractivity (Wildman–Crippen MR) is 87.0 cm³/mol. The number of ether oxygens (including phenoxy) is 1. The first-order valence-corrected chi connectivity index (χ1v) is 7.82. The van der Waals surface area contributed by atoms with Crippen molar-refractivity contribution < 1.29 is 9.53 Å². The summed E-state index contributed by atoms with van der Waals surface area (Å²) >= 11 is 13.3. The summed E-state index contributed by atoms with van der Waals surface area (Å²) in [6.45, 7) is 5.89. The van der Waals surface area contributed by atoms with E-state index in [-0.39, 0.29) is 12.4 Å². The average molecular weight is 348 g/mol. The fraction of sp³-hybridized carbons (Fsp3) is 0.462. The summed E-state index contributed by atoms with van der Waals surface area (Å²) in [6, 6.07) is 1.61. The number of hydrogen-bond donors (Lipinski definition) is 1. The molecule has 21 heavy (non-hydrogen) atoms. The Hall–Kier alpha value is -1.11. The molecular formula is C13H15Cl2N3O2S. The zero-order chi connectivity index (χ0) is 15.6. The molecule has 0 atom stereocenters. The van der Waals surface area contributed by atoms with Crippen LogP contribution in [0.15, 0.2) is 14.8 Å². The molecule has 0 spiro atoms. The molecule has 1 aromatic carbocycles. The van der Waals surface area contributed by atoms with E-state index in [1.54, 1.807) is 6.07 Å². The smallest absolute Gasteiger partial charge is 0.308 e. The van der Waals surface area contributed by atoms with Crippen LogP contribution in [0, 0.1) is 0 Å². The van der Waals surface area contributed by atoms with Gasteiger partial charge in [-0.3, -0.25) is 4.79 Å². The SMILES string of the molecule is CC(C)(C)OC(=O)CCNc1c(Cl)cc(Cl)c2c1N=S=N2. The van der Waals surface area contributed by atoms with Crippen molar-refractivity contribution in [2.45, 2.75) is 32.8 Å². The summed E-state index contributed by atoms with van der Waals surface area (Å²) in [4.78, 5) is 11.7. The van der Waals surface area contributed by atoms with Crippen LogP contribution in [0.4, 0.5) is 17.1 Å². The molecule has 0 saturated carbocycles. The molecule has 0 amide bonds. The molecule has 0 fully saturated rings. The van der Waals surface area contributed by atoms with Crippen molar-refractivity contribution in [3.8, 4) is 0 Å². The van der Waals surface area contributed by atoms with Crippen LogP contribution in [0.5, 0.6) is 0 Å². The molecule has 0 bridgehead atoms. The Labute approximate surface area is 136 Å². The number of nitrogens with zero attached hydrogens (tertiary/aromatic N) is 2. The van der Waals surface area contributed by atoms with Gasteiger partial charge in [0.25, 0.3) is 0 Å². The van der Waals surface area contributed by atoms with Crippen molar-refractivity contribution in [3.63, 3.8) is 0 Å². The van der Waals surface area contributed by atoms with E-state index in [9.17, 15) is 4.79 Å². The summed E-state index contributed by atoms with van der Waals surface area (Å²) in [5, 5.41) is 4.01. The van der Waals surface area contributed by atoms with Crippen LogP contribution >= 0.6 is 23.2 Å². The van der Waals surface area contributed by atoms with Gasteiger partial charge in [0.15, 0.2) is 0 Å². The number of nitrogens with one attached hydrogen (secondary N) is 1. The number of carbonyl (C=O) groups is 1. The normalized spacial score (nSPS) is 12.8. The number of carbonyl (C=O) groups excluding carboxylic acids is 1. The van der Waals surface area contributed by atoms with Crippen LogP contribution in [0.3, 0.4) is 0 Å². The lowest BCUT2D eigenvalue weighted by Gasteiger charge is -2.19. The largest absolute Gasteiger partial charge is 0.460 e.